The highest BCUT2D eigenvalue weighted by molar-refractivity contribution is 5.94. The number of aromatic nitrogens is 4. The molecular formula is C21H18FN5O3. The van der Waals surface area contributed by atoms with Gasteiger partial charge in [0.25, 0.3) is 0 Å². The first-order valence-electron chi connectivity index (χ1n) is 9.36. The predicted octanol–water partition coefficient (Wildman–Crippen LogP) is 4.20. The Morgan fingerprint density at radius 3 is 2.53 bits per heavy atom. The van der Waals surface area contributed by atoms with E-state index in [4.69, 9.17) is 9.05 Å². The third-order valence-electron chi connectivity index (χ3n) is 4.33. The molecule has 0 aliphatic rings. The highest BCUT2D eigenvalue weighted by Crippen LogP contribution is 2.25. The number of carbonyl (C=O) groups is 1. The maximum Gasteiger partial charge on any atom is 0.226 e. The summed E-state index contributed by atoms with van der Waals surface area (Å²) in [4.78, 5) is 20.9. The zero-order chi connectivity index (χ0) is 20.9. The molecule has 1 N–H and O–H groups in total. The second kappa shape index (κ2) is 8.64. The average molecular weight is 407 g/mol. The van der Waals surface area contributed by atoms with Gasteiger partial charge in [0.2, 0.25) is 29.3 Å². The molecule has 0 unspecified atom stereocenters. The maximum absolute atomic E-state index is 13.0. The van der Waals surface area contributed by atoms with Gasteiger partial charge in [0.05, 0.1) is 5.69 Å². The van der Waals surface area contributed by atoms with E-state index in [1.54, 1.807) is 25.1 Å². The third-order valence-corrected chi connectivity index (χ3v) is 4.33. The molecule has 0 spiro atoms. The molecule has 1 amide bonds. The molecule has 0 fully saturated rings. The Labute approximate surface area is 171 Å². The quantitative estimate of drug-likeness (QED) is 0.489. The summed E-state index contributed by atoms with van der Waals surface area (Å²) >= 11 is 0. The van der Waals surface area contributed by atoms with Crippen molar-refractivity contribution in [2.24, 2.45) is 0 Å². The lowest BCUT2D eigenvalue weighted by Gasteiger charge is -2.08. The normalized spacial score (nSPS) is 10.9. The fourth-order valence-electron chi connectivity index (χ4n) is 2.88. The molecule has 152 valence electrons. The maximum atomic E-state index is 13.0. The summed E-state index contributed by atoms with van der Waals surface area (Å²) in [5, 5.41) is 10.7. The molecule has 4 aromatic rings. The van der Waals surface area contributed by atoms with Crippen molar-refractivity contribution in [2.75, 3.05) is 5.32 Å². The van der Waals surface area contributed by atoms with Crippen LogP contribution in [0.25, 0.3) is 22.8 Å². The second-order valence-electron chi connectivity index (χ2n) is 6.60. The van der Waals surface area contributed by atoms with E-state index in [0.717, 1.165) is 0 Å². The number of carbonyl (C=O) groups excluding carboxylic acids is 1. The zero-order valence-corrected chi connectivity index (χ0v) is 16.1. The van der Waals surface area contributed by atoms with E-state index in [9.17, 15) is 9.18 Å². The molecule has 0 aliphatic heterocycles. The first-order chi connectivity index (χ1) is 14.6. The monoisotopic (exact) mass is 407 g/mol. The van der Waals surface area contributed by atoms with Crippen molar-refractivity contribution in [3.63, 3.8) is 0 Å². The van der Waals surface area contributed by atoms with Crippen molar-refractivity contribution < 1.29 is 18.2 Å². The Bertz CT molecular complexity index is 1150. The molecule has 4 rings (SSSR count). The molecule has 0 aliphatic carbocycles. The number of rotatable bonds is 7. The topological polar surface area (TPSA) is 107 Å². The Balaban J connectivity index is 1.33. The summed E-state index contributed by atoms with van der Waals surface area (Å²) in [5.74, 6) is 1.20. The van der Waals surface area contributed by atoms with Crippen LogP contribution < -0.4 is 5.32 Å². The van der Waals surface area contributed by atoms with Crippen LogP contribution in [0.2, 0.25) is 0 Å². The first-order valence-corrected chi connectivity index (χ1v) is 9.36. The van der Waals surface area contributed by atoms with Gasteiger partial charge < -0.3 is 14.4 Å². The Hall–Kier alpha value is -3.88. The molecule has 30 heavy (non-hydrogen) atoms. The molecule has 0 bridgehead atoms. The molecule has 9 heteroatoms. The number of hydrogen-bond acceptors (Lipinski definition) is 7. The number of para-hydroxylation sites is 1. The molecule has 0 saturated heterocycles. The summed E-state index contributed by atoms with van der Waals surface area (Å²) < 4.78 is 23.2. The van der Waals surface area contributed by atoms with Crippen LogP contribution in [0.4, 0.5) is 10.1 Å². The number of anilines is 1. The highest BCUT2D eigenvalue weighted by Gasteiger charge is 2.14. The van der Waals surface area contributed by atoms with E-state index in [-0.39, 0.29) is 18.1 Å². The summed E-state index contributed by atoms with van der Waals surface area (Å²) in [5.41, 5.74) is 1.96. The zero-order valence-electron chi connectivity index (χ0n) is 16.1. The highest BCUT2D eigenvalue weighted by atomic mass is 19.1. The largest absolute Gasteiger partial charge is 0.339 e. The van der Waals surface area contributed by atoms with Crippen LogP contribution in [-0.2, 0) is 11.2 Å². The van der Waals surface area contributed by atoms with Gasteiger partial charge in [-0.15, -0.1) is 0 Å². The Morgan fingerprint density at radius 2 is 1.77 bits per heavy atom. The summed E-state index contributed by atoms with van der Waals surface area (Å²) in [6.07, 6.45) is 1.25. The van der Waals surface area contributed by atoms with Gasteiger partial charge in [0, 0.05) is 30.9 Å². The number of nitrogens with zero attached hydrogens (tertiary/aromatic N) is 4. The molecule has 2 aromatic heterocycles. The van der Waals surface area contributed by atoms with Gasteiger partial charge in [-0.1, -0.05) is 22.4 Å². The van der Waals surface area contributed by atoms with E-state index in [1.807, 2.05) is 18.2 Å². The minimum Gasteiger partial charge on any atom is -0.339 e. The van der Waals surface area contributed by atoms with E-state index in [1.165, 1.54) is 12.1 Å². The van der Waals surface area contributed by atoms with Crippen LogP contribution in [0.3, 0.4) is 0 Å². The number of nitrogens with one attached hydrogen (secondary N) is 1. The number of amides is 1. The van der Waals surface area contributed by atoms with Gasteiger partial charge in [0.15, 0.2) is 0 Å². The standard InChI is InChI=1S/C21H18FN5O3/c1-13-23-21(27-29-13)16-5-2-3-6-17(16)24-18(28)7-4-8-19-25-20(26-30-19)14-9-11-15(22)12-10-14/h2-3,5-6,9-12H,4,7-8H2,1H3,(H,24,28). The van der Waals surface area contributed by atoms with E-state index < -0.39 is 0 Å². The average Bonchev–Trinajstić information content (AvgIpc) is 3.38. The minimum absolute atomic E-state index is 0.152. The van der Waals surface area contributed by atoms with Crippen LogP contribution in [0, 0.1) is 12.7 Å². The van der Waals surface area contributed by atoms with E-state index in [2.05, 4.69) is 25.6 Å². The van der Waals surface area contributed by atoms with Gasteiger partial charge in [-0.05, 0) is 42.8 Å². The fourth-order valence-corrected chi connectivity index (χ4v) is 2.88. The number of hydrogen-bond donors (Lipinski definition) is 1. The van der Waals surface area contributed by atoms with Gasteiger partial charge >= 0.3 is 0 Å². The summed E-state index contributed by atoms with van der Waals surface area (Å²) in [6.45, 7) is 1.71. The van der Waals surface area contributed by atoms with Crippen molar-refractivity contribution in [2.45, 2.75) is 26.2 Å². The lowest BCUT2D eigenvalue weighted by molar-refractivity contribution is -0.116. The predicted molar refractivity (Wildman–Crippen MR) is 106 cm³/mol. The SMILES string of the molecule is Cc1nc(-c2ccccc2NC(=O)CCCc2nc(-c3ccc(F)cc3)no2)no1. The smallest absolute Gasteiger partial charge is 0.226 e. The van der Waals surface area contributed by atoms with Crippen molar-refractivity contribution >= 4 is 11.6 Å². The van der Waals surface area contributed by atoms with Crippen molar-refractivity contribution in [1.29, 1.82) is 0 Å². The van der Waals surface area contributed by atoms with Gasteiger partial charge in [-0.2, -0.15) is 9.97 Å². The molecule has 2 heterocycles. The lowest BCUT2D eigenvalue weighted by Crippen LogP contribution is -2.12. The molecule has 0 radical (unpaired) electrons. The number of benzene rings is 2. The van der Waals surface area contributed by atoms with Crippen LogP contribution in [0.15, 0.2) is 57.6 Å². The van der Waals surface area contributed by atoms with Gasteiger partial charge in [-0.3, -0.25) is 4.79 Å². The number of halogens is 1. The molecule has 0 saturated carbocycles. The lowest BCUT2D eigenvalue weighted by atomic mass is 10.1. The minimum atomic E-state index is -0.329. The van der Waals surface area contributed by atoms with Gasteiger partial charge in [-0.25, -0.2) is 4.39 Å². The van der Waals surface area contributed by atoms with Crippen molar-refractivity contribution in [3.8, 4) is 22.8 Å². The van der Waals surface area contributed by atoms with Crippen LogP contribution in [0.5, 0.6) is 0 Å². The molecular weight excluding hydrogens is 389 g/mol. The summed E-state index contributed by atoms with van der Waals surface area (Å²) in [6, 6.07) is 13.1. The Morgan fingerprint density at radius 1 is 1.00 bits per heavy atom. The van der Waals surface area contributed by atoms with Crippen molar-refractivity contribution in [1.82, 2.24) is 20.3 Å². The first kappa shape index (κ1) is 19.4. The third kappa shape index (κ3) is 4.57. The fraction of sp³-hybridized carbons (Fsp3) is 0.190. The van der Waals surface area contributed by atoms with Crippen LogP contribution >= 0.6 is 0 Å². The van der Waals surface area contributed by atoms with E-state index >= 15 is 0 Å². The second-order valence-corrected chi connectivity index (χ2v) is 6.60. The van der Waals surface area contributed by atoms with Crippen LogP contribution in [0.1, 0.15) is 24.6 Å². The molecule has 2 aromatic carbocycles. The van der Waals surface area contributed by atoms with E-state index in [0.29, 0.717) is 53.1 Å². The van der Waals surface area contributed by atoms with Crippen LogP contribution in [-0.4, -0.2) is 26.2 Å². The Kier molecular flexibility index (Phi) is 5.60. The molecule has 8 nitrogen and oxygen atoms in total. The summed E-state index contributed by atoms with van der Waals surface area (Å²) in [7, 11) is 0. The number of aryl methyl sites for hydroxylation is 2. The van der Waals surface area contributed by atoms with Crippen molar-refractivity contribution in [3.05, 3.63) is 66.1 Å². The van der Waals surface area contributed by atoms with Gasteiger partial charge in [0.1, 0.15) is 5.82 Å². The molecule has 0 atom stereocenters.